The molecule has 2 rings (SSSR count). The highest BCUT2D eigenvalue weighted by molar-refractivity contribution is 14.1. The normalized spacial score (nSPS) is 14.6. The number of carbonyl (C=O) groups is 1. The zero-order valence-corrected chi connectivity index (χ0v) is 9.95. The van der Waals surface area contributed by atoms with Crippen LogP contribution in [-0.2, 0) is 4.79 Å². The maximum absolute atomic E-state index is 11.3. The van der Waals surface area contributed by atoms with Gasteiger partial charge in [0.1, 0.15) is 6.61 Å². The summed E-state index contributed by atoms with van der Waals surface area (Å²) >= 11 is 2.21. The van der Waals surface area contributed by atoms with Crippen molar-refractivity contribution in [1.82, 2.24) is 0 Å². The lowest BCUT2D eigenvalue weighted by Gasteiger charge is -2.29. The number of rotatable bonds is 0. The van der Waals surface area contributed by atoms with E-state index in [1.54, 1.807) is 11.8 Å². The van der Waals surface area contributed by atoms with Crippen molar-refractivity contribution < 1.29 is 9.53 Å². The van der Waals surface area contributed by atoms with Crippen molar-refractivity contribution in [3.8, 4) is 5.75 Å². The van der Waals surface area contributed by atoms with E-state index in [0.717, 1.165) is 15.0 Å². The van der Waals surface area contributed by atoms with Crippen LogP contribution in [0.2, 0.25) is 0 Å². The standard InChI is InChI=1S/C10H10INO2/c1-7(13)12-5-6-14-10-8(11)3-2-4-9(10)12/h2-4H,5-6H2,1H3. The van der Waals surface area contributed by atoms with Crippen molar-refractivity contribution >= 4 is 34.2 Å². The van der Waals surface area contributed by atoms with Crippen molar-refractivity contribution in [3.05, 3.63) is 21.8 Å². The number of amides is 1. The number of ether oxygens (including phenoxy) is 1. The molecule has 0 aromatic heterocycles. The van der Waals surface area contributed by atoms with Crippen LogP contribution in [0.25, 0.3) is 0 Å². The van der Waals surface area contributed by atoms with Gasteiger partial charge in [0.25, 0.3) is 0 Å². The molecular weight excluding hydrogens is 293 g/mol. The van der Waals surface area contributed by atoms with E-state index in [0.29, 0.717) is 13.2 Å². The minimum Gasteiger partial charge on any atom is -0.488 e. The van der Waals surface area contributed by atoms with E-state index < -0.39 is 0 Å². The van der Waals surface area contributed by atoms with E-state index in [2.05, 4.69) is 22.6 Å². The molecule has 1 aromatic carbocycles. The van der Waals surface area contributed by atoms with Gasteiger partial charge in [-0.05, 0) is 34.7 Å². The van der Waals surface area contributed by atoms with E-state index in [1.165, 1.54) is 0 Å². The molecular formula is C10H10INO2. The Kier molecular flexibility index (Phi) is 2.62. The third-order valence-corrected chi connectivity index (χ3v) is 3.03. The summed E-state index contributed by atoms with van der Waals surface area (Å²) < 4.78 is 6.58. The first-order chi connectivity index (χ1) is 6.70. The summed E-state index contributed by atoms with van der Waals surface area (Å²) in [4.78, 5) is 13.1. The molecule has 74 valence electrons. The number of carbonyl (C=O) groups excluding carboxylic acids is 1. The highest BCUT2D eigenvalue weighted by Crippen LogP contribution is 2.35. The fourth-order valence-corrected chi connectivity index (χ4v) is 2.18. The Morgan fingerprint density at radius 1 is 1.57 bits per heavy atom. The predicted molar refractivity (Wildman–Crippen MR) is 62.7 cm³/mol. The smallest absolute Gasteiger partial charge is 0.224 e. The minimum absolute atomic E-state index is 0.0663. The Balaban J connectivity index is 2.49. The van der Waals surface area contributed by atoms with E-state index in [1.807, 2.05) is 18.2 Å². The average Bonchev–Trinajstić information content (AvgIpc) is 2.17. The largest absolute Gasteiger partial charge is 0.488 e. The second-order valence-electron chi connectivity index (χ2n) is 3.11. The van der Waals surface area contributed by atoms with Crippen LogP contribution >= 0.6 is 22.6 Å². The van der Waals surface area contributed by atoms with Gasteiger partial charge in [0.15, 0.2) is 5.75 Å². The molecule has 0 N–H and O–H groups in total. The summed E-state index contributed by atoms with van der Waals surface area (Å²) in [5.41, 5.74) is 0.885. The third-order valence-electron chi connectivity index (χ3n) is 2.18. The lowest BCUT2D eigenvalue weighted by Crippen LogP contribution is -2.36. The number of fused-ring (bicyclic) bond motifs is 1. The Morgan fingerprint density at radius 2 is 2.36 bits per heavy atom. The van der Waals surface area contributed by atoms with Crippen LogP contribution in [0.4, 0.5) is 5.69 Å². The monoisotopic (exact) mass is 303 g/mol. The number of benzene rings is 1. The molecule has 1 amide bonds. The molecule has 1 aliphatic heterocycles. The van der Waals surface area contributed by atoms with E-state index in [4.69, 9.17) is 4.74 Å². The molecule has 0 saturated carbocycles. The Morgan fingerprint density at radius 3 is 3.07 bits per heavy atom. The van der Waals surface area contributed by atoms with Gasteiger partial charge in [-0.2, -0.15) is 0 Å². The molecule has 1 aliphatic rings. The Labute approximate surface area is 96.2 Å². The molecule has 1 aromatic rings. The first-order valence-corrected chi connectivity index (χ1v) is 5.47. The maximum Gasteiger partial charge on any atom is 0.224 e. The molecule has 0 saturated heterocycles. The van der Waals surface area contributed by atoms with Gasteiger partial charge in [0, 0.05) is 6.92 Å². The Bertz CT molecular complexity index is 378. The molecule has 0 aliphatic carbocycles. The van der Waals surface area contributed by atoms with Crippen LogP contribution in [0, 0.1) is 3.57 Å². The highest BCUT2D eigenvalue weighted by atomic mass is 127. The van der Waals surface area contributed by atoms with Gasteiger partial charge < -0.3 is 9.64 Å². The topological polar surface area (TPSA) is 29.5 Å². The number of halogens is 1. The van der Waals surface area contributed by atoms with Crippen LogP contribution in [0.1, 0.15) is 6.92 Å². The van der Waals surface area contributed by atoms with Crippen LogP contribution in [0.3, 0.4) is 0 Å². The number of anilines is 1. The van der Waals surface area contributed by atoms with Gasteiger partial charge in [0.05, 0.1) is 15.8 Å². The van der Waals surface area contributed by atoms with Crippen molar-refractivity contribution in [2.24, 2.45) is 0 Å². The fourth-order valence-electron chi connectivity index (χ4n) is 1.54. The summed E-state index contributed by atoms with van der Waals surface area (Å²) in [6.45, 7) is 2.80. The number of hydrogen-bond acceptors (Lipinski definition) is 2. The summed E-state index contributed by atoms with van der Waals surface area (Å²) in [6, 6.07) is 5.83. The van der Waals surface area contributed by atoms with Crippen molar-refractivity contribution in [1.29, 1.82) is 0 Å². The van der Waals surface area contributed by atoms with Gasteiger partial charge in [-0.15, -0.1) is 0 Å². The SMILES string of the molecule is CC(=O)N1CCOc2c(I)cccc21. The predicted octanol–water partition coefficient (Wildman–Crippen LogP) is 2.04. The molecule has 0 bridgehead atoms. The molecule has 0 atom stereocenters. The van der Waals surface area contributed by atoms with E-state index in [-0.39, 0.29) is 5.91 Å². The van der Waals surface area contributed by atoms with Crippen molar-refractivity contribution in [2.75, 3.05) is 18.1 Å². The molecule has 0 unspecified atom stereocenters. The van der Waals surface area contributed by atoms with Crippen molar-refractivity contribution in [2.45, 2.75) is 6.92 Å². The highest BCUT2D eigenvalue weighted by Gasteiger charge is 2.22. The maximum atomic E-state index is 11.3. The van der Waals surface area contributed by atoms with Crippen LogP contribution in [0.15, 0.2) is 18.2 Å². The van der Waals surface area contributed by atoms with Gasteiger partial charge >= 0.3 is 0 Å². The zero-order chi connectivity index (χ0) is 10.1. The average molecular weight is 303 g/mol. The van der Waals surface area contributed by atoms with Gasteiger partial charge in [-0.3, -0.25) is 4.79 Å². The number of nitrogens with zero attached hydrogens (tertiary/aromatic N) is 1. The number of para-hydroxylation sites is 1. The molecule has 14 heavy (non-hydrogen) atoms. The first kappa shape index (κ1) is 9.76. The van der Waals surface area contributed by atoms with Gasteiger partial charge in [-0.25, -0.2) is 0 Å². The van der Waals surface area contributed by atoms with Crippen LogP contribution in [0.5, 0.6) is 5.75 Å². The lowest BCUT2D eigenvalue weighted by molar-refractivity contribution is -0.116. The molecule has 1 heterocycles. The van der Waals surface area contributed by atoms with Gasteiger partial charge in [0.2, 0.25) is 5.91 Å². The second kappa shape index (κ2) is 3.76. The zero-order valence-electron chi connectivity index (χ0n) is 7.79. The lowest BCUT2D eigenvalue weighted by atomic mass is 10.2. The third kappa shape index (κ3) is 1.58. The quantitative estimate of drug-likeness (QED) is 0.686. The minimum atomic E-state index is 0.0663. The molecule has 0 radical (unpaired) electrons. The molecule has 0 spiro atoms. The fraction of sp³-hybridized carbons (Fsp3) is 0.300. The summed E-state index contributed by atoms with van der Waals surface area (Å²) in [7, 11) is 0. The molecule has 3 nitrogen and oxygen atoms in total. The van der Waals surface area contributed by atoms with E-state index in [9.17, 15) is 4.79 Å². The summed E-state index contributed by atoms with van der Waals surface area (Å²) in [5, 5.41) is 0. The van der Waals surface area contributed by atoms with Crippen LogP contribution < -0.4 is 9.64 Å². The Hall–Kier alpha value is -0.780. The molecule has 0 fully saturated rings. The molecule has 4 heteroatoms. The number of hydrogen-bond donors (Lipinski definition) is 0. The summed E-state index contributed by atoms with van der Waals surface area (Å²) in [6.07, 6.45) is 0. The van der Waals surface area contributed by atoms with Gasteiger partial charge in [-0.1, -0.05) is 6.07 Å². The van der Waals surface area contributed by atoms with Crippen LogP contribution in [-0.4, -0.2) is 19.1 Å². The van der Waals surface area contributed by atoms with Crippen molar-refractivity contribution in [3.63, 3.8) is 0 Å². The van der Waals surface area contributed by atoms with E-state index >= 15 is 0 Å². The first-order valence-electron chi connectivity index (χ1n) is 4.39. The second-order valence-corrected chi connectivity index (χ2v) is 4.27. The summed E-state index contributed by atoms with van der Waals surface area (Å²) in [5.74, 6) is 0.895.